The van der Waals surface area contributed by atoms with E-state index in [0.29, 0.717) is 4.47 Å². The second-order valence-corrected chi connectivity index (χ2v) is 5.67. The predicted octanol–water partition coefficient (Wildman–Crippen LogP) is 1.49. The highest BCUT2D eigenvalue weighted by molar-refractivity contribution is 9.10. The van der Waals surface area contributed by atoms with Gasteiger partial charge in [0, 0.05) is 16.2 Å². The maximum Gasteiger partial charge on any atom is 0.271 e. The van der Waals surface area contributed by atoms with E-state index in [1.807, 2.05) is 20.8 Å². The number of pyridine rings is 1. The molecule has 0 aliphatic carbocycles. The summed E-state index contributed by atoms with van der Waals surface area (Å²) in [4.78, 5) is 27.2. The monoisotopic (exact) mass is 313 g/mol. The SMILES string of the molecule is CC(C)(C)NC(=O)CNC(=O)c1ncccc1Br. The lowest BCUT2D eigenvalue weighted by atomic mass is 10.1. The molecule has 0 unspecified atom stereocenters. The molecule has 98 valence electrons. The van der Waals surface area contributed by atoms with Crippen LogP contribution >= 0.6 is 15.9 Å². The molecule has 0 radical (unpaired) electrons. The standard InChI is InChI=1S/C12H16BrN3O2/c1-12(2,3)16-9(17)7-15-11(18)10-8(13)5-4-6-14-10/h4-6H,7H2,1-3H3,(H,15,18)(H,16,17). The van der Waals surface area contributed by atoms with Crippen molar-refractivity contribution in [3.8, 4) is 0 Å². The lowest BCUT2D eigenvalue weighted by molar-refractivity contribution is -0.121. The van der Waals surface area contributed by atoms with Gasteiger partial charge in [-0.2, -0.15) is 0 Å². The van der Waals surface area contributed by atoms with Gasteiger partial charge in [0.2, 0.25) is 5.91 Å². The molecule has 2 N–H and O–H groups in total. The van der Waals surface area contributed by atoms with Gasteiger partial charge in [0.1, 0.15) is 5.69 Å². The van der Waals surface area contributed by atoms with E-state index in [4.69, 9.17) is 0 Å². The third-order valence-corrected chi connectivity index (χ3v) is 2.54. The average Bonchev–Trinajstić information content (AvgIpc) is 2.24. The molecule has 6 heteroatoms. The molecule has 0 fully saturated rings. The van der Waals surface area contributed by atoms with E-state index in [1.165, 1.54) is 6.20 Å². The number of amides is 2. The lowest BCUT2D eigenvalue weighted by Gasteiger charge is -2.20. The van der Waals surface area contributed by atoms with Crippen LogP contribution in [-0.4, -0.2) is 28.9 Å². The first-order valence-corrected chi connectivity index (χ1v) is 6.28. The summed E-state index contributed by atoms with van der Waals surface area (Å²) in [7, 11) is 0. The number of nitrogens with zero attached hydrogens (tertiary/aromatic N) is 1. The van der Waals surface area contributed by atoms with Gasteiger partial charge in [-0.3, -0.25) is 9.59 Å². The van der Waals surface area contributed by atoms with Gasteiger partial charge in [0.05, 0.1) is 6.54 Å². The van der Waals surface area contributed by atoms with Crippen molar-refractivity contribution in [2.24, 2.45) is 0 Å². The van der Waals surface area contributed by atoms with E-state index in [0.717, 1.165) is 0 Å². The van der Waals surface area contributed by atoms with E-state index in [2.05, 4.69) is 31.5 Å². The summed E-state index contributed by atoms with van der Waals surface area (Å²) in [6.45, 7) is 5.56. The number of hydrogen-bond acceptors (Lipinski definition) is 3. The second-order valence-electron chi connectivity index (χ2n) is 4.81. The first-order chi connectivity index (χ1) is 8.29. The van der Waals surface area contributed by atoms with Gasteiger partial charge in [0.25, 0.3) is 5.91 Å². The number of rotatable bonds is 3. The highest BCUT2D eigenvalue weighted by Crippen LogP contribution is 2.12. The maximum atomic E-state index is 11.8. The Bertz CT molecular complexity index is 455. The molecule has 0 atom stereocenters. The first kappa shape index (κ1) is 14.6. The Kier molecular flexibility index (Phi) is 4.84. The van der Waals surface area contributed by atoms with Crippen LogP contribution in [0.1, 0.15) is 31.3 Å². The van der Waals surface area contributed by atoms with Gasteiger partial charge in [-0.25, -0.2) is 4.98 Å². The van der Waals surface area contributed by atoms with Crippen LogP contribution in [0.15, 0.2) is 22.8 Å². The van der Waals surface area contributed by atoms with Crippen molar-refractivity contribution in [2.75, 3.05) is 6.54 Å². The Morgan fingerprint density at radius 3 is 2.61 bits per heavy atom. The summed E-state index contributed by atoms with van der Waals surface area (Å²) in [5.41, 5.74) is -0.0472. The van der Waals surface area contributed by atoms with Crippen molar-refractivity contribution < 1.29 is 9.59 Å². The Morgan fingerprint density at radius 1 is 1.39 bits per heavy atom. The molecule has 1 aromatic heterocycles. The first-order valence-electron chi connectivity index (χ1n) is 5.49. The minimum absolute atomic E-state index is 0.0703. The summed E-state index contributed by atoms with van der Waals surface area (Å²) < 4.78 is 0.596. The molecule has 0 aromatic carbocycles. The maximum absolute atomic E-state index is 11.8. The van der Waals surface area contributed by atoms with Gasteiger partial charge in [-0.05, 0) is 48.8 Å². The molecule has 1 heterocycles. The van der Waals surface area contributed by atoms with E-state index in [-0.39, 0.29) is 29.6 Å². The number of carbonyl (C=O) groups is 2. The molecule has 1 aromatic rings. The molecular weight excluding hydrogens is 298 g/mol. The minimum atomic E-state index is -0.383. The van der Waals surface area contributed by atoms with Crippen molar-refractivity contribution in [3.63, 3.8) is 0 Å². The fraction of sp³-hybridized carbons (Fsp3) is 0.417. The van der Waals surface area contributed by atoms with Crippen molar-refractivity contribution in [3.05, 3.63) is 28.5 Å². The van der Waals surface area contributed by atoms with Gasteiger partial charge in [0.15, 0.2) is 0 Å². The highest BCUT2D eigenvalue weighted by atomic mass is 79.9. The van der Waals surface area contributed by atoms with Crippen LogP contribution in [0.3, 0.4) is 0 Å². The van der Waals surface area contributed by atoms with Crippen LogP contribution in [0.5, 0.6) is 0 Å². The molecule has 0 aliphatic rings. The summed E-state index contributed by atoms with van der Waals surface area (Å²) in [5, 5.41) is 5.27. The Morgan fingerprint density at radius 2 is 2.06 bits per heavy atom. The molecular formula is C12H16BrN3O2. The quantitative estimate of drug-likeness (QED) is 0.888. The zero-order valence-electron chi connectivity index (χ0n) is 10.6. The topological polar surface area (TPSA) is 71.1 Å². The van der Waals surface area contributed by atoms with E-state index < -0.39 is 0 Å². The van der Waals surface area contributed by atoms with E-state index in [1.54, 1.807) is 12.1 Å². The zero-order chi connectivity index (χ0) is 13.8. The number of aromatic nitrogens is 1. The Hall–Kier alpha value is -1.43. The fourth-order valence-electron chi connectivity index (χ4n) is 1.26. The molecule has 0 aliphatic heterocycles. The van der Waals surface area contributed by atoms with Crippen LogP contribution in [0, 0.1) is 0 Å². The smallest absolute Gasteiger partial charge is 0.271 e. The number of halogens is 1. The highest BCUT2D eigenvalue weighted by Gasteiger charge is 2.16. The van der Waals surface area contributed by atoms with Crippen molar-refractivity contribution in [1.82, 2.24) is 15.6 Å². The molecule has 18 heavy (non-hydrogen) atoms. The molecule has 5 nitrogen and oxygen atoms in total. The van der Waals surface area contributed by atoms with Crippen LogP contribution in [0.2, 0.25) is 0 Å². The Balaban J connectivity index is 2.52. The van der Waals surface area contributed by atoms with E-state index >= 15 is 0 Å². The lowest BCUT2D eigenvalue weighted by Crippen LogP contribution is -2.45. The molecule has 0 bridgehead atoms. The summed E-state index contributed by atoms with van der Waals surface area (Å²) in [6.07, 6.45) is 1.52. The van der Waals surface area contributed by atoms with Gasteiger partial charge in [-0.15, -0.1) is 0 Å². The normalized spacial score (nSPS) is 10.9. The zero-order valence-corrected chi connectivity index (χ0v) is 12.2. The third-order valence-electron chi connectivity index (χ3n) is 1.90. The third kappa shape index (κ3) is 4.83. The molecule has 2 amide bonds. The molecule has 1 rings (SSSR count). The second kappa shape index (κ2) is 5.95. The predicted molar refractivity (Wildman–Crippen MR) is 72.2 cm³/mol. The van der Waals surface area contributed by atoms with Crippen molar-refractivity contribution >= 4 is 27.7 Å². The minimum Gasteiger partial charge on any atom is -0.350 e. The van der Waals surface area contributed by atoms with Crippen LogP contribution in [-0.2, 0) is 4.79 Å². The summed E-state index contributed by atoms with van der Waals surface area (Å²) in [5.74, 6) is -0.616. The van der Waals surface area contributed by atoms with Crippen LogP contribution < -0.4 is 10.6 Å². The van der Waals surface area contributed by atoms with Crippen LogP contribution in [0.4, 0.5) is 0 Å². The van der Waals surface area contributed by atoms with Gasteiger partial charge in [-0.1, -0.05) is 0 Å². The van der Waals surface area contributed by atoms with E-state index in [9.17, 15) is 9.59 Å². The Labute approximate surface area is 114 Å². The number of hydrogen-bond donors (Lipinski definition) is 2. The van der Waals surface area contributed by atoms with Crippen LogP contribution in [0.25, 0.3) is 0 Å². The van der Waals surface area contributed by atoms with Crippen molar-refractivity contribution in [1.29, 1.82) is 0 Å². The summed E-state index contributed by atoms with van der Waals surface area (Å²) in [6, 6.07) is 3.43. The average molecular weight is 314 g/mol. The molecule has 0 spiro atoms. The fourth-order valence-corrected chi connectivity index (χ4v) is 1.69. The molecule has 0 saturated carbocycles. The number of nitrogens with one attached hydrogen (secondary N) is 2. The van der Waals surface area contributed by atoms with Crippen molar-refractivity contribution in [2.45, 2.75) is 26.3 Å². The van der Waals surface area contributed by atoms with Gasteiger partial charge >= 0.3 is 0 Å². The summed E-state index contributed by atoms with van der Waals surface area (Å²) >= 11 is 3.23. The van der Waals surface area contributed by atoms with Gasteiger partial charge < -0.3 is 10.6 Å². The number of carbonyl (C=O) groups excluding carboxylic acids is 2. The largest absolute Gasteiger partial charge is 0.350 e. The molecule has 0 saturated heterocycles.